The second-order valence-electron chi connectivity index (χ2n) is 7.43. The van der Waals surface area contributed by atoms with E-state index < -0.39 is 11.8 Å². The predicted octanol–water partition coefficient (Wildman–Crippen LogP) is 2.05. The molecule has 0 spiro atoms. The van der Waals surface area contributed by atoms with Gasteiger partial charge in [-0.3, -0.25) is 4.79 Å². The first-order valence-electron chi connectivity index (χ1n) is 9.91. The van der Waals surface area contributed by atoms with Crippen LogP contribution >= 0.6 is 0 Å². The quantitative estimate of drug-likeness (QED) is 0.653. The van der Waals surface area contributed by atoms with Crippen LogP contribution in [-0.2, 0) is 11.3 Å². The van der Waals surface area contributed by atoms with Crippen LogP contribution in [0, 0.1) is 5.82 Å². The number of halogens is 1. The van der Waals surface area contributed by atoms with E-state index in [1.807, 2.05) is 4.90 Å². The third kappa shape index (κ3) is 2.99. The van der Waals surface area contributed by atoms with Crippen LogP contribution in [-0.4, -0.2) is 44.3 Å². The highest BCUT2D eigenvalue weighted by atomic mass is 19.1. The van der Waals surface area contributed by atoms with Gasteiger partial charge in [0.1, 0.15) is 17.5 Å². The number of nitrogens with zero attached hydrogens (tertiary/aromatic N) is 4. The summed E-state index contributed by atoms with van der Waals surface area (Å²) in [7, 11) is 0. The van der Waals surface area contributed by atoms with Crippen molar-refractivity contribution in [1.82, 2.24) is 19.6 Å². The van der Waals surface area contributed by atoms with Crippen molar-refractivity contribution >= 4 is 17.4 Å². The van der Waals surface area contributed by atoms with Gasteiger partial charge in [0.25, 0.3) is 5.56 Å². The third-order valence-corrected chi connectivity index (χ3v) is 5.59. The number of anilines is 1. The van der Waals surface area contributed by atoms with E-state index in [1.54, 1.807) is 13.1 Å². The van der Waals surface area contributed by atoms with E-state index in [0.717, 1.165) is 25.5 Å². The van der Waals surface area contributed by atoms with E-state index >= 15 is 0 Å². The van der Waals surface area contributed by atoms with E-state index in [0.29, 0.717) is 22.8 Å². The molecule has 10 heteroatoms. The van der Waals surface area contributed by atoms with Crippen molar-refractivity contribution in [3.63, 3.8) is 0 Å². The zero-order chi connectivity index (χ0) is 20.8. The van der Waals surface area contributed by atoms with E-state index in [9.17, 15) is 14.0 Å². The summed E-state index contributed by atoms with van der Waals surface area (Å²) in [6.45, 7) is 2.14. The highest BCUT2D eigenvalue weighted by Gasteiger charge is 2.41. The average Bonchev–Trinajstić information content (AvgIpc) is 3.35. The first kappa shape index (κ1) is 18.6. The fourth-order valence-electron chi connectivity index (χ4n) is 4.24. The smallest absolute Gasteiger partial charge is 0.343 e. The van der Waals surface area contributed by atoms with Crippen LogP contribution < -0.4 is 15.2 Å². The molecule has 0 amide bonds. The van der Waals surface area contributed by atoms with Crippen LogP contribution in [0.5, 0.6) is 5.75 Å². The molecule has 3 aromatic heterocycles. The van der Waals surface area contributed by atoms with Crippen molar-refractivity contribution in [2.45, 2.75) is 44.9 Å². The SMILES string of the molecule is CCOC(=O)c1cnn2cc3c(nc12)N(Cc1cc(F)c[nH]c1=O)[C@@H]1CCC[C@@H]1O3. The average molecular weight is 413 g/mol. The van der Waals surface area contributed by atoms with Crippen molar-refractivity contribution in [3.8, 4) is 5.75 Å². The number of esters is 1. The standard InChI is InChI=1S/C20H20FN5O4/c1-2-29-20(28)13-8-23-26-10-16-18(24-17(13)26)25(14-4-3-5-15(14)30-16)9-11-6-12(21)7-22-19(11)27/h6-8,10,14-15H,2-5,9H2,1H3,(H,22,27)/t14-,15+/m1/s1. The number of pyridine rings is 1. The van der Waals surface area contributed by atoms with Crippen LogP contribution in [0.25, 0.3) is 5.65 Å². The van der Waals surface area contributed by atoms with Gasteiger partial charge in [-0.15, -0.1) is 0 Å². The van der Waals surface area contributed by atoms with E-state index in [4.69, 9.17) is 9.47 Å². The molecular weight excluding hydrogens is 393 g/mol. The number of nitrogens with one attached hydrogen (secondary N) is 1. The van der Waals surface area contributed by atoms with Gasteiger partial charge in [0.2, 0.25) is 0 Å². The largest absolute Gasteiger partial charge is 0.483 e. The van der Waals surface area contributed by atoms with Gasteiger partial charge in [0.05, 0.1) is 31.6 Å². The maximum Gasteiger partial charge on any atom is 0.343 e. The molecule has 1 saturated carbocycles. The highest BCUT2D eigenvalue weighted by molar-refractivity contribution is 5.95. The molecule has 4 heterocycles. The topological polar surface area (TPSA) is 102 Å². The number of ether oxygens (including phenoxy) is 2. The second kappa shape index (κ2) is 7.12. The molecule has 9 nitrogen and oxygen atoms in total. The zero-order valence-corrected chi connectivity index (χ0v) is 16.3. The Bertz CT molecular complexity index is 1190. The summed E-state index contributed by atoms with van der Waals surface area (Å²) in [5.74, 6) is -0.00857. The van der Waals surface area contributed by atoms with Crippen molar-refractivity contribution in [2.24, 2.45) is 0 Å². The van der Waals surface area contributed by atoms with Gasteiger partial charge in [-0.05, 0) is 32.3 Å². The molecule has 0 unspecified atom stereocenters. The number of rotatable bonds is 4. The molecule has 1 N–H and O–H groups in total. The number of aromatic nitrogens is 4. The number of fused-ring (bicyclic) bond motifs is 3. The predicted molar refractivity (Wildman–Crippen MR) is 104 cm³/mol. The lowest BCUT2D eigenvalue weighted by Crippen LogP contribution is -2.47. The first-order chi connectivity index (χ1) is 14.5. The molecule has 30 heavy (non-hydrogen) atoms. The lowest BCUT2D eigenvalue weighted by molar-refractivity contribution is 0.0528. The molecule has 5 rings (SSSR count). The summed E-state index contributed by atoms with van der Waals surface area (Å²) in [6, 6.07) is 1.24. The van der Waals surface area contributed by atoms with Gasteiger partial charge in [0, 0.05) is 11.8 Å². The Morgan fingerprint density at radius 2 is 2.30 bits per heavy atom. The van der Waals surface area contributed by atoms with Gasteiger partial charge < -0.3 is 19.4 Å². The van der Waals surface area contributed by atoms with E-state index in [-0.39, 0.29) is 36.4 Å². The minimum Gasteiger partial charge on any atom is -0.483 e. The Balaban J connectivity index is 1.62. The zero-order valence-electron chi connectivity index (χ0n) is 16.3. The molecule has 2 atom stereocenters. The Hall–Kier alpha value is -3.43. The molecule has 1 aliphatic heterocycles. The van der Waals surface area contributed by atoms with E-state index in [2.05, 4.69) is 15.1 Å². The number of hydrogen-bond acceptors (Lipinski definition) is 7. The van der Waals surface area contributed by atoms with Crippen molar-refractivity contribution in [3.05, 3.63) is 52.0 Å². The third-order valence-electron chi connectivity index (χ3n) is 5.59. The minimum absolute atomic E-state index is 0.00378. The Labute approximate surface area is 170 Å². The summed E-state index contributed by atoms with van der Waals surface area (Å²) in [5, 5.41) is 4.20. The van der Waals surface area contributed by atoms with Crippen LogP contribution in [0.3, 0.4) is 0 Å². The molecule has 3 aromatic rings. The number of aromatic amines is 1. The van der Waals surface area contributed by atoms with Crippen LogP contribution in [0.15, 0.2) is 29.5 Å². The maximum absolute atomic E-state index is 13.8. The lowest BCUT2D eigenvalue weighted by Gasteiger charge is -2.39. The van der Waals surface area contributed by atoms with E-state index in [1.165, 1.54) is 16.8 Å². The van der Waals surface area contributed by atoms with Gasteiger partial charge >= 0.3 is 5.97 Å². The lowest BCUT2D eigenvalue weighted by atomic mass is 10.1. The number of carbonyl (C=O) groups is 1. The normalized spacial score (nSPS) is 20.0. The Morgan fingerprint density at radius 1 is 1.43 bits per heavy atom. The molecular formula is C20H20FN5O4. The summed E-state index contributed by atoms with van der Waals surface area (Å²) in [5.41, 5.74) is 0.535. The molecule has 1 aliphatic carbocycles. The van der Waals surface area contributed by atoms with Gasteiger partial charge in [-0.25, -0.2) is 18.7 Å². The summed E-state index contributed by atoms with van der Waals surface area (Å²) in [6.07, 6.45) is 6.80. The summed E-state index contributed by atoms with van der Waals surface area (Å²) >= 11 is 0. The van der Waals surface area contributed by atoms with Crippen LogP contribution in [0.4, 0.5) is 10.2 Å². The maximum atomic E-state index is 13.8. The summed E-state index contributed by atoms with van der Waals surface area (Å²) < 4.78 is 26.5. The minimum atomic E-state index is -0.511. The number of hydrogen-bond donors (Lipinski definition) is 1. The molecule has 0 radical (unpaired) electrons. The summed E-state index contributed by atoms with van der Waals surface area (Å²) in [4.78, 5) is 33.6. The van der Waals surface area contributed by atoms with Crippen molar-refractivity contribution in [2.75, 3.05) is 11.5 Å². The highest BCUT2D eigenvalue weighted by Crippen LogP contribution is 2.41. The van der Waals surface area contributed by atoms with Crippen LogP contribution in [0.2, 0.25) is 0 Å². The Morgan fingerprint density at radius 3 is 3.13 bits per heavy atom. The second-order valence-corrected chi connectivity index (χ2v) is 7.43. The first-order valence-corrected chi connectivity index (χ1v) is 9.91. The molecule has 0 saturated heterocycles. The van der Waals surface area contributed by atoms with Crippen LogP contribution in [0.1, 0.15) is 42.1 Å². The molecule has 156 valence electrons. The van der Waals surface area contributed by atoms with Crippen molar-refractivity contribution < 1.29 is 18.7 Å². The fraction of sp³-hybridized carbons (Fsp3) is 0.400. The van der Waals surface area contributed by atoms with Gasteiger partial charge in [-0.2, -0.15) is 5.10 Å². The number of carbonyl (C=O) groups excluding carboxylic acids is 1. The number of H-pyrrole nitrogens is 1. The molecule has 2 aliphatic rings. The molecule has 0 aromatic carbocycles. The monoisotopic (exact) mass is 413 g/mol. The van der Waals surface area contributed by atoms with Gasteiger partial charge in [-0.1, -0.05) is 0 Å². The molecule has 1 fully saturated rings. The fourth-order valence-corrected chi connectivity index (χ4v) is 4.24. The van der Waals surface area contributed by atoms with Crippen molar-refractivity contribution in [1.29, 1.82) is 0 Å². The molecule has 0 bridgehead atoms. The van der Waals surface area contributed by atoms with Gasteiger partial charge in [0.15, 0.2) is 17.2 Å². The Kier molecular flexibility index (Phi) is 4.41.